The third-order valence-corrected chi connectivity index (χ3v) is 4.23. The topological polar surface area (TPSA) is 64.2 Å². The molecule has 146 valence electrons. The van der Waals surface area contributed by atoms with Gasteiger partial charge in [0.25, 0.3) is 5.56 Å². The fourth-order valence-electron chi connectivity index (χ4n) is 2.60. The van der Waals surface area contributed by atoms with Gasteiger partial charge in [0, 0.05) is 6.07 Å². The first-order valence-electron chi connectivity index (χ1n) is 7.94. The van der Waals surface area contributed by atoms with E-state index in [1.54, 1.807) is 0 Å². The van der Waals surface area contributed by atoms with Gasteiger partial charge in [0.1, 0.15) is 0 Å². The Morgan fingerprint density at radius 2 is 1.82 bits per heavy atom. The summed E-state index contributed by atoms with van der Waals surface area (Å²) in [5, 5.41) is 0.234. The minimum Gasteiger partial charge on any atom is -0.493 e. The van der Waals surface area contributed by atoms with Crippen molar-refractivity contribution in [2.24, 2.45) is 0 Å². The molecule has 9 heteroatoms. The Kier molecular flexibility index (Phi) is 5.33. The average molecular weight is 411 g/mol. The summed E-state index contributed by atoms with van der Waals surface area (Å²) in [5.41, 5.74) is -0.763. The van der Waals surface area contributed by atoms with Crippen molar-refractivity contribution in [3.8, 4) is 11.5 Å². The molecule has 0 amide bonds. The number of nitrogens with one attached hydrogen (secondary N) is 1. The predicted molar refractivity (Wildman–Crippen MR) is 101 cm³/mol. The van der Waals surface area contributed by atoms with E-state index in [0.717, 1.165) is 12.1 Å². The van der Waals surface area contributed by atoms with Crippen molar-refractivity contribution >= 4 is 33.6 Å². The Morgan fingerprint density at radius 3 is 2.46 bits per heavy atom. The molecule has 0 aliphatic carbocycles. The van der Waals surface area contributed by atoms with E-state index in [0.29, 0.717) is 17.0 Å². The second-order valence-electron chi connectivity index (χ2n) is 5.75. The molecule has 1 heterocycles. The lowest BCUT2D eigenvalue weighted by Crippen LogP contribution is -2.11. The van der Waals surface area contributed by atoms with E-state index in [9.17, 15) is 18.0 Å². The third-order valence-electron chi connectivity index (χ3n) is 3.94. The van der Waals surface area contributed by atoms with Gasteiger partial charge in [0.05, 0.1) is 35.7 Å². The number of nitrogens with zero attached hydrogens (tertiary/aromatic N) is 1. The number of methoxy groups -OCH3 is 2. The molecule has 2 aromatic carbocycles. The second-order valence-corrected chi connectivity index (χ2v) is 6.16. The summed E-state index contributed by atoms with van der Waals surface area (Å²) in [7, 11) is 2.88. The van der Waals surface area contributed by atoms with Gasteiger partial charge >= 0.3 is 6.18 Å². The van der Waals surface area contributed by atoms with Gasteiger partial charge in [-0.05, 0) is 29.8 Å². The van der Waals surface area contributed by atoms with Gasteiger partial charge < -0.3 is 14.5 Å². The van der Waals surface area contributed by atoms with Gasteiger partial charge in [0.15, 0.2) is 17.3 Å². The van der Waals surface area contributed by atoms with Gasteiger partial charge in [0.2, 0.25) is 0 Å². The van der Waals surface area contributed by atoms with Crippen LogP contribution >= 0.6 is 11.6 Å². The zero-order chi connectivity index (χ0) is 20.5. The SMILES string of the molecule is COc1cc2nc(/C(Cl)=C/c3cccc(C(F)(F)F)c3)[nH]c(=O)c2cc1OC. The minimum atomic E-state index is -4.47. The van der Waals surface area contributed by atoms with Crippen molar-refractivity contribution < 1.29 is 22.6 Å². The zero-order valence-corrected chi connectivity index (χ0v) is 15.5. The highest BCUT2D eigenvalue weighted by atomic mass is 35.5. The lowest BCUT2D eigenvalue weighted by atomic mass is 10.1. The van der Waals surface area contributed by atoms with Crippen LogP contribution in [0.5, 0.6) is 11.5 Å². The molecule has 0 saturated heterocycles. The normalized spacial score (nSPS) is 12.3. The lowest BCUT2D eigenvalue weighted by molar-refractivity contribution is -0.137. The van der Waals surface area contributed by atoms with Crippen LogP contribution in [0.2, 0.25) is 0 Å². The smallest absolute Gasteiger partial charge is 0.416 e. The van der Waals surface area contributed by atoms with Gasteiger partial charge in [-0.3, -0.25) is 4.79 Å². The molecule has 0 bridgehead atoms. The first-order chi connectivity index (χ1) is 13.2. The van der Waals surface area contributed by atoms with Crippen LogP contribution in [0.3, 0.4) is 0 Å². The predicted octanol–water partition coefficient (Wildman–Crippen LogP) is 4.70. The molecular formula is C19H14ClF3N2O3. The summed E-state index contributed by atoms with van der Waals surface area (Å²) < 4.78 is 48.9. The van der Waals surface area contributed by atoms with E-state index < -0.39 is 17.3 Å². The Balaban J connectivity index is 2.08. The molecule has 0 aliphatic rings. The number of aromatic nitrogens is 2. The van der Waals surface area contributed by atoms with Crippen LogP contribution in [0, 0.1) is 0 Å². The molecule has 3 aromatic rings. The molecule has 0 aliphatic heterocycles. The van der Waals surface area contributed by atoms with Crippen LogP contribution in [0.25, 0.3) is 22.0 Å². The molecule has 0 saturated carbocycles. The summed E-state index contributed by atoms with van der Waals surface area (Å²) in [5.74, 6) is 0.751. The average Bonchev–Trinajstić information content (AvgIpc) is 2.66. The molecule has 1 aromatic heterocycles. The van der Waals surface area contributed by atoms with Gasteiger partial charge in [-0.25, -0.2) is 4.98 Å². The molecule has 0 spiro atoms. The number of hydrogen-bond acceptors (Lipinski definition) is 4. The van der Waals surface area contributed by atoms with Crippen LogP contribution in [-0.4, -0.2) is 24.2 Å². The Bertz CT molecular complexity index is 1120. The molecule has 3 rings (SSSR count). The fourth-order valence-corrected chi connectivity index (χ4v) is 2.81. The number of H-pyrrole nitrogens is 1. The second kappa shape index (κ2) is 7.55. The molecule has 5 nitrogen and oxygen atoms in total. The zero-order valence-electron chi connectivity index (χ0n) is 14.7. The van der Waals surface area contributed by atoms with Crippen LogP contribution in [0.4, 0.5) is 13.2 Å². The van der Waals surface area contributed by atoms with E-state index in [4.69, 9.17) is 21.1 Å². The van der Waals surface area contributed by atoms with Crippen molar-refractivity contribution in [2.75, 3.05) is 14.2 Å². The van der Waals surface area contributed by atoms with Gasteiger partial charge in [-0.2, -0.15) is 13.2 Å². The standard InChI is InChI=1S/C19H14ClF3N2O3/c1-27-15-8-12-14(9-16(15)28-2)24-17(25-18(12)26)13(20)7-10-4-3-5-11(6-10)19(21,22)23/h3-9H,1-2H3,(H,24,25,26)/b13-7-. The number of ether oxygens (including phenoxy) is 2. The van der Waals surface area contributed by atoms with E-state index in [-0.39, 0.29) is 21.8 Å². The highest BCUT2D eigenvalue weighted by Gasteiger charge is 2.30. The number of benzene rings is 2. The Hall–Kier alpha value is -3.00. The van der Waals surface area contributed by atoms with Crippen LogP contribution in [0.1, 0.15) is 17.0 Å². The maximum atomic E-state index is 12.9. The highest BCUT2D eigenvalue weighted by molar-refractivity contribution is 6.50. The van der Waals surface area contributed by atoms with Crippen molar-refractivity contribution in [3.63, 3.8) is 0 Å². The lowest BCUT2D eigenvalue weighted by Gasteiger charge is -2.09. The number of hydrogen-bond donors (Lipinski definition) is 1. The number of rotatable bonds is 4. The van der Waals surface area contributed by atoms with Crippen molar-refractivity contribution in [2.45, 2.75) is 6.18 Å². The first kappa shape index (κ1) is 19.8. The molecule has 0 fully saturated rings. The molecule has 28 heavy (non-hydrogen) atoms. The minimum absolute atomic E-state index is 0.0174. The van der Waals surface area contributed by atoms with Crippen LogP contribution in [0.15, 0.2) is 41.2 Å². The number of fused-ring (bicyclic) bond motifs is 1. The fraction of sp³-hybridized carbons (Fsp3) is 0.158. The third kappa shape index (κ3) is 3.96. The number of aromatic amines is 1. The monoisotopic (exact) mass is 410 g/mol. The molecule has 0 unspecified atom stereocenters. The maximum absolute atomic E-state index is 12.9. The van der Waals surface area contributed by atoms with E-state index in [1.807, 2.05) is 0 Å². The molecule has 0 radical (unpaired) electrons. The summed E-state index contributed by atoms with van der Waals surface area (Å²) in [6, 6.07) is 7.64. The molecule has 1 N–H and O–H groups in total. The van der Waals surface area contributed by atoms with Gasteiger partial charge in [-0.15, -0.1) is 0 Å². The quantitative estimate of drug-likeness (QED) is 0.677. The van der Waals surface area contributed by atoms with Crippen LogP contribution < -0.4 is 15.0 Å². The first-order valence-corrected chi connectivity index (χ1v) is 8.31. The number of alkyl halides is 3. The summed E-state index contributed by atoms with van der Waals surface area (Å²) >= 11 is 6.20. The maximum Gasteiger partial charge on any atom is 0.416 e. The summed E-state index contributed by atoms with van der Waals surface area (Å²) in [6.07, 6.45) is -3.18. The van der Waals surface area contributed by atoms with Gasteiger partial charge in [-0.1, -0.05) is 23.7 Å². The van der Waals surface area contributed by atoms with Crippen molar-refractivity contribution in [1.29, 1.82) is 0 Å². The van der Waals surface area contributed by atoms with E-state index in [1.165, 1.54) is 44.6 Å². The summed E-state index contributed by atoms with van der Waals surface area (Å²) in [6.45, 7) is 0. The highest BCUT2D eigenvalue weighted by Crippen LogP contribution is 2.32. The van der Waals surface area contributed by atoms with E-state index >= 15 is 0 Å². The largest absolute Gasteiger partial charge is 0.493 e. The Morgan fingerprint density at radius 1 is 1.14 bits per heavy atom. The summed E-state index contributed by atoms with van der Waals surface area (Å²) in [4.78, 5) is 19.2. The molecule has 0 atom stereocenters. The van der Waals surface area contributed by atoms with Crippen molar-refractivity contribution in [3.05, 3.63) is 63.7 Å². The molecular weight excluding hydrogens is 397 g/mol. The Labute approximate surface area is 162 Å². The van der Waals surface area contributed by atoms with Crippen LogP contribution in [-0.2, 0) is 6.18 Å². The number of halogens is 4. The van der Waals surface area contributed by atoms with Crippen molar-refractivity contribution in [1.82, 2.24) is 9.97 Å². The van der Waals surface area contributed by atoms with E-state index in [2.05, 4.69) is 9.97 Å².